The molecule has 4 heteroatoms. The summed E-state index contributed by atoms with van der Waals surface area (Å²) in [6.07, 6.45) is -2.97. The van der Waals surface area contributed by atoms with Crippen molar-refractivity contribution >= 4 is 0 Å². The molecule has 0 saturated heterocycles. The fourth-order valence-corrected chi connectivity index (χ4v) is 1.57. The Hall–Kier alpha value is -1.03. The fraction of sp³-hybridized carbons (Fsp3) is 0.538. The molecule has 0 fully saturated rings. The fourth-order valence-electron chi connectivity index (χ4n) is 1.57. The van der Waals surface area contributed by atoms with Crippen molar-refractivity contribution in [2.45, 2.75) is 38.9 Å². The minimum absolute atomic E-state index is 0.0320. The molecule has 0 aliphatic heterocycles. The number of rotatable bonds is 4. The summed E-state index contributed by atoms with van der Waals surface area (Å²) < 4.78 is 37.4. The van der Waals surface area contributed by atoms with Crippen molar-refractivity contribution in [2.24, 2.45) is 11.7 Å². The predicted molar refractivity (Wildman–Crippen MR) is 62.6 cm³/mol. The first-order valence-corrected chi connectivity index (χ1v) is 5.72. The van der Waals surface area contributed by atoms with Crippen LogP contribution in [0.1, 0.15) is 31.4 Å². The van der Waals surface area contributed by atoms with Crippen molar-refractivity contribution in [2.75, 3.05) is 0 Å². The number of aryl methyl sites for hydroxylation is 1. The summed E-state index contributed by atoms with van der Waals surface area (Å²) in [4.78, 5) is 0. The van der Waals surface area contributed by atoms with E-state index in [4.69, 9.17) is 5.73 Å². The Bertz CT molecular complexity index is 358. The molecule has 17 heavy (non-hydrogen) atoms. The first-order chi connectivity index (χ1) is 7.80. The van der Waals surface area contributed by atoms with Crippen LogP contribution in [0, 0.1) is 5.92 Å². The molecule has 96 valence electrons. The summed E-state index contributed by atoms with van der Waals surface area (Å²) >= 11 is 0. The van der Waals surface area contributed by atoms with Gasteiger partial charge in [-0.1, -0.05) is 32.0 Å². The third-order valence-corrected chi connectivity index (χ3v) is 2.88. The Balaban J connectivity index is 2.67. The minimum atomic E-state index is -4.27. The lowest BCUT2D eigenvalue weighted by Gasteiger charge is -2.15. The van der Waals surface area contributed by atoms with Crippen LogP contribution in [0.15, 0.2) is 24.3 Å². The number of hydrogen-bond donors (Lipinski definition) is 1. The van der Waals surface area contributed by atoms with Crippen molar-refractivity contribution in [3.05, 3.63) is 35.4 Å². The molecule has 0 aliphatic rings. The van der Waals surface area contributed by atoms with E-state index in [9.17, 15) is 13.2 Å². The van der Waals surface area contributed by atoms with E-state index in [1.807, 2.05) is 13.8 Å². The van der Waals surface area contributed by atoms with Gasteiger partial charge in [0, 0.05) is 6.04 Å². The van der Waals surface area contributed by atoms with E-state index in [-0.39, 0.29) is 6.04 Å². The SMILES string of the molecule is CC(C)C(N)CCc1cccc(C(F)(F)F)c1. The van der Waals surface area contributed by atoms with E-state index in [0.29, 0.717) is 24.3 Å². The van der Waals surface area contributed by atoms with E-state index < -0.39 is 11.7 Å². The average molecular weight is 245 g/mol. The van der Waals surface area contributed by atoms with Crippen molar-refractivity contribution in [3.63, 3.8) is 0 Å². The number of alkyl halides is 3. The van der Waals surface area contributed by atoms with Crippen molar-refractivity contribution in [1.29, 1.82) is 0 Å². The van der Waals surface area contributed by atoms with Crippen LogP contribution in [0.3, 0.4) is 0 Å². The summed E-state index contributed by atoms with van der Waals surface area (Å²) in [7, 11) is 0. The molecule has 0 bridgehead atoms. The maximum absolute atomic E-state index is 12.5. The molecule has 0 radical (unpaired) electrons. The zero-order valence-corrected chi connectivity index (χ0v) is 10.1. The maximum Gasteiger partial charge on any atom is 0.416 e. The second-order valence-electron chi connectivity index (χ2n) is 4.64. The lowest BCUT2D eigenvalue weighted by molar-refractivity contribution is -0.137. The standard InChI is InChI=1S/C13H18F3N/c1-9(2)12(17)7-6-10-4-3-5-11(8-10)13(14,15)16/h3-5,8-9,12H,6-7,17H2,1-2H3. The van der Waals surface area contributed by atoms with Crippen LogP contribution in [0.5, 0.6) is 0 Å². The lowest BCUT2D eigenvalue weighted by atomic mass is 9.97. The molecule has 1 rings (SSSR count). The van der Waals surface area contributed by atoms with E-state index >= 15 is 0 Å². The molecular formula is C13H18F3N. The summed E-state index contributed by atoms with van der Waals surface area (Å²) in [5.74, 6) is 0.348. The lowest BCUT2D eigenvalue weighted by Crippen LogP contribution is -2.26. The third kappa shape index (κ3) is 4.38. The molecule has 2 N–H and O–H groups in total. The Morgan fingerprint density at radius 3 is 2.41 bits per heavy atom. The van der Waals surface area contributed by atoms with Crippen molar-refractivity contribution < 1.29 is 13.2 Å². The molecule has 0 amide bonds. The second kappa shape index (κ2) is 5.54. The Morgan fingerprint density at radius 1 is 1.24 bits per heavy atom. The monoisotopic (exact) mass is 245 g/mol. The van der Waals surface area contributed by atoms with Crippen molar-refractivity contribution in [1.82, 2.24) is 0 Å². The average Bonchev–Trinajstić information content (AvgIpc) is 2.25. The quantitative estimate of drug-likeness (QED) is 0.861. The van der Waals surface area contributed by atoms with Gasteiger partial charge in [0.05, 0.1) is 5.56 Å². The summed E-state index contributed by atoms with van der Waals surface area (Å²) in [5.41, 5.74) is 5.97. The molecule has 1 aromatic carbocycles. The van der Waals surface area contributed by atoms with Crippen LogP contribution in [0.2, 0.25) is 0 Å². The topological polar surface area (TPSA) is 26.0 Å². The minimum Gasteiger partial charge on any atom is -0.327 e. The van der Waals surface area contributed by atoms with Gasteiger partial charge in [0.25, 0.3) is 0 Å². The van der Waals surface area contributed by atoms with Gasteiger partial charge in [-0.3, -0.25) is 0 Å². The van der Waals surface area contributed by atoms with Gasteiger partial charge in [-0.15, -0.1) is 0 Å². The number of halogens is 3. The third-order valence-electron chi connectivity index (χ3n) is 2.88. The first-order valence-electron chi connectivity index (χ1n) is 5.72. The highest BCUT2D eigenvalue weighted by molar-refractivity contribution is 5.25. The van der Waals surface area contributed by atoms with Crippen LogP contribution in [-0.2, 0) is 12.6 Å². The van der Waals surface area contributed by atoms with Crippen LogP contribution in [-0.4, -0.2) is 6.04 Å². The molecular weight excluding hydrogens is 227 g/mol. The van der Waals surface area contributed by atoms with Crippen LogP contribution in [0.4, 0.5) is 13.2 Å². The van der Waals surface area contributed by atoms with E-state index in [2.05, 4.69) is 0 Å². The maximum atomic E-state index is 12.5. The van der Waals surface area contributed by atoms with E-state index in [1.54, 1.807) is 6.07 Å². The van der Waals surface area contributed by atoms with Crippen LogP contribution in [0.25, 0.3) is 0 Å². The van der Waals surface area contributed by atoms with Gasteiger partial charge >= 0.3 is 6.18 Å². The smallest absolute Gasteiger partial charge is 0.327 e. The molecule has 0 aliphatic carbocycles. The molecule has 0 heterocycles. The Labute approximate surface area is 99.8 Å². The van der Waals surface area contributed by atoms with E-state index in [0.717, 1.165) is 6.07 Å². The van der Waals surface area contributed by atoms with Gasteiger partial charge in [0.2, 0.25) is 0 Å². The van der Waals surface area contributed by atoms with Crippen LogP contribution < -0.4 is 5.73 Å². The highest BCUT2D eigenvalue weighted by Crippen LogP contribution is 2.29. The summed E-state index contributed by atoms with van der Waals surface area (Å²) in [6.45, 7) is 4.02. The van der Waals surface area contributed by atoms with Crippen LogP contribution >= 0.6 is 0 Å². The summed E-state index contributed by atoms with van der Waals surface area (Å²) in [6, 6.07) is 5.48. The Morgan fingerprint density at radius 2 is 1.88 bits per heavy atom. The van der Waals surface area contributed by atoms with Gasteiger partial charge in [-0.05, 0) is 30.4 Å². The zero-order chi connectivity index (χ0) is 13.1. The Kier molecular flexibility index (Phi) is 4.57. The number of hydrogen-bond acceptors (Lipinski definition) is 1. The highest BCUT2D eigenvalue weighted by Gasteiger charge is 2.30. The molecule has 0 aromatic heterocycles. The zero-order valence-electron chi connectivity index (χ0n) is 10.1. The summed E-state index contributed by atoms with van der Waals surface area (Å²) in [5, 5.41) is 0. The largest absolute Gasteiger partial charge is 0.416 e. The molecule has 0 spiro atoms. The van der Waals surface area contributed by atoms with Gasteiger partial charge in [-0.25, -0.2) is 0 Å². The van der Waals surface area contributed by atoms with Gasteiger partial charge in [0.1, 0.15) is 0 Å². The molecule has 1 nitrogen and oxygen atoms in total. The predicted octanol–water partition coefficient (Wildman–Crippen LogP) is 3.62. The normalized spacial score (nSPS) is 14.1. The first kappa shape index (κ1) is 14.0. The van der Waals surface area contributed by atoms with Crippen molar-refractivity contribution in [3.8, 4) is 0 Å². The van der Waals surface area contributed by atoms with E-state index in [1.165, 1.54) is 12.1 Å². The van der Waals surface area contributed by atoms with Gasteiger partial charge < -0.3 is 5.73 Å². The number of benzene rings is 1. The molecule has 0 saturated carbocycles. The number of nitrogens with two attached hydrogens (primary N) is 1. The molecule has 1 unspecified atom stereocenters. The molecule has 1 atom stereocenters. The second-order valence-corrected chi connectivity index (χ2v) is 4.64. The van der Waals surface area contributed by atoms with Gasteiger partial charge in [-0.2, -0.15) is 13.2 Å². The molecule has 1 aromatic rings. The van der Waals surface area contributed by atoms with Gasteiger partial charge in [0.15, 0.2) is 0 Å². The highest BCUT2D eigenvalue weighted by atomic mass is 19.4.